The van der Waals surface area contributed by atoms with Crippen LogP contribution in [0.5, 0.6) is 0 Å². The SMILES string of the molecule is N[C@H]1C[C@@H](N2Cc3nc(C(F)(F)F)[nH]c3C2)CCC1c1cc(F)c(F)cc1F. The number of aromatic nitrogens is 2. The molecule has 3 atom stereocenters. The van der Waals surface area contributed by atoms with E-state index in [-0.39, 0.29) is 18.2 Å². The summed E-state index contributed by atoms with van der Waals surface area (Å²) < 4.78 is 78.9. The molecule has 2 heterocycles. The predicted molar refractivity (Wildman–Crippen MR) is 87.5 cm³/mol. The number of benzene rings is 1. The van der Waals surface area contributed by atoms with E-state index in [2.05, 4.69) is 9.97 Å². The van der Waals surface area contributed by atoms with E-state index in [1.807, 2.05) is 4.90 Å². The van der Waals surface area contributed by atoms with E-state index in [4.69, 9.17) is 5.73 Å². The molecule has 1 unspecified atom stereocenters. The molecule has 152 valence electrons. The highest BCUT2D eigenvalue weighted by atomic mass is 19.4. The molecule has 1 aliphatic carbocycles. The zero-order chi connectivity index (χ0) is 20.2. The van der Waals surface area contributed by atoms with Gasteiger partial charge >= 0.3 is 6.18 Å². The number of alkyl halides is 3. The largest absolute Gasteiger partial charge is 0.449 e. The zero-order valence-electron chi connectivity index (χ0n) is 14.7. The number of nitrogens with one attached hydrogen (secondary N) is 1. The lowest BCUT2D eigenvalue weighted by molar-refractivity contribution is -0.144. The summed E-state index contributed by atoms with van der Waals surface area (Å²) in [7, 11) is 0. The van der Waals surface area contributed by atoms with Gasteiger partial charge in [-0.3, -0.25) is 4.90 Å². The second-order valence-corrected chi connectivity index (χ2v) is 7.44. The molecule has 0 amide bonds. The molecule has 28 heavy (non-hydrogen) atoms. The summed E-state index contributed by atoms with van der Waals surface area (Å²) in [5.41, 5.74) is 7.08. The van der Waals surface area contributed by atoms with Crippen molar-refractivity contribution in [3.05, 3.63) is 52.4 Å². The molecule has 1 saturated carbocycles. The quantitative estimate of drug-likeness (QED) is 0.591. The molecule has 0 bridgehead atoms. The molecule has 1 aliphatic heterocycles. The van der Waals surface area contributed by atoms with Crippen LogP contribution >= 0.6 is 0 Å². The summed E-state index contributed by atoms with van der Waals surface area (Å²) >= 11 is 0. The van der Waals surface area contributed by atoms with Crippen LogP contribution in [0.3, 0.4) is 0 Å². The number of halogens is 6. The number of imidazole rings is 1. The number of nitrogens with zero attached hydrogens (tertiary/aromatic N) is 2. The third kappa shape index (κ3) is 3.39. The van der Waals surface area contributed by atoms with Gasteiger partial charge in [0.2, 0.25) is 5.82 Å². The highest BCUT2D eigenvalue weighted by molar-refractivity contribution is 5.27. The summed E-state index contributed by atoms with van der Waals surface area (Å²) in [6.07, 6.45) is -2.95. The van der Waals surface area contributed by atoms with Crippen LogP contribution in [-0.4, -0.2) is 27.0 Å². The van der Waals surface area contributed by atoms with Crippen molar-refractivity contribution in [3.63, 3.8) is 0 Å². The first kappa shape index (κ1) is 19.3. The average molecular weight is 404 g/mol. The van der Waals surface area contributed by atoms with Gasteiger partial charge in [-0.1, -0.05) is 0 Å². The second kappa shape index (κ2) is 6.77. The maximum absolute atomic E-state index is 14.1. The van der Waals surface area contributed by atoms with Crippen LogP contribution in [0, 0.1) is 17.5 Å². The average Bonchev–Trinajstić information content (AvgIpc) is 3.17. The van der Waals surface area contributed by atoms with Crippen molar-refractivity contribution in [2.75, 3.05) is 0 Å². The minimum atomic E-state index is -4.51. The number of hydrogen-bond acceptors (Lipinski definition) is 3. The third-order valence-electron chi connectivity index (χ3n) is 5.67. The van der Waals surface area contributed by atoms with Crippen molar-refractivity contribution in [1.82, 2.24) is 14.9 Å². The smallest absolute Gasteiger partial charge is 0.337 e. The fourth-order valence-corrected chi connectivity index (χ4v) is 4.27. The van der Waals surface area contributed by atoms with Crippen molar-refractivity contribution in [2.45, 2.75) is 56.5 Å². The Bertz CT molecular complexity index is 869. The van der Waals surface area contributed by atoms with Crippen molar-refractivity contribution < 1.29 is 26.3 Å². The Kier molecular flexibility index (Phi) is 4.65. The molecular weight excluding hydrogens is 386 g/mol. The molecule has 3 N–H and O–H groups in total. The first-order valence-corrected chi connectivity index (χ1v) is 8.92. The molecular formula is C18H18F6N4. The van der Waals surface area contributed by atoms with Gasteiger partial charge in [-0.05, 0) is 30.9 Å². The Morgan fingerprint density at radius 2 is 1.75 bits per heavy atom. The fraction of sp³-hybridized carbons (Fsp3) is 0.500. The summed E-state index contributed by atoms with van der Waals surface area (Å²) in [6.45, 7) is 0.587. The molecule has 1 aromatic heterocycles. The highest BCUT2D eigenvalue weighted by Gasteiger charge is 2.40. The van der Waals surface area contributed by atoms with E-state index < -0.39 is 41.4 Å². The van der Waals surface area contributed by atoms with Gasteiger partial charge in [0.25, 0.3) is 0 Å². The summed E-state index contributed by atoms with van der Waals surface area (Å²) in [5.74, 6) is -4.62. The van der Waals surface area contributed by atoms with Gasteiger partial charge < -0.3 is 10.7 Å². The first-order valence-electron chi connectivity index (χ1n) is 8.92. The van der Waals surface area contributed by atoms with Crippen LogP contribution < -0.4 is 5.73 Å². The molecule has 0 spiro atoms. The van der Waals surface area contributed by atoms with Gasteiger partial charge in [-0.2, -0.15) is 13.2 Å². The minimum absolute atomic E-state index is 0.00320. The molecule has 1 fully saturated rings. The van der Waals surface area contributed by atoms with E-state index >= 15 is 0 Å². The molecule has 1 aromatic carbocycles. The molecule has 10 heteroatoms. The Labute approximate surface area is 156 Å². The van der Waals surface area contributed by atoms with E-state index in [1.165, 1.54) is 0 Å². The van der Waals surface area contributed by atoms with E-state index in [0.29, 0.717) is 43.3 Å². The van der Waals surface area contributed by atoms with Gasteiger partial charge in [0.15, 0.2) is 11.6 Å². The molecule has 0 saturated heterocycles. The van der Waals surface area contributed by atoms with Crippen molar-refractivity contribution in [3.8, 4) is 0 Å². The van der Waals surface area contributed by atoms with E-state index in [0.717, 1.165) is 6.07 Å². The van der Waals surface area contributed by atoms with Crippen molar-refractivity contribution >= 4 is 0 Å². The van der Waals surface area contributed by atoms with E-state index in [9.17, 15) is 26.3 Å². The molecule has 4 rings (SSSR count). The summed E-state index contributed by atoms with van der Waals surface area (Å²) in [6, 6.07) is 0.909. The van der Waals surface area contributed by atoms with Crippen LogP contribution in [0.25, 0.3) is 0 Å². The van der Waals surface area contributed by atoms with Crippen LogP contribution in [-0.2, 0) is 19.3 Å². The van der Waals surface area contributed by atoms with Crippen LogP contribution in [0.2, 0.25) is 0 Å². The summed E-state index contributed by atoms with van der Waals surface area (Å²) in [5, 5.41) is 0. The Morgan fingerprint density at radius 1 is 1.04 bits per heavy atom. The van der Waals surface area contributed by atoms with Crippen LogP contribution in [0.15, 0.2) is 12.1 Å². The van der Waals surface area contributed by atoms with Gasteiger partial charge in [-0.15, -0.1) is 0 Å². The minimum Gasteiger partial charge on any atom is -0.337 e. The van der Waals surface area contributed by atoms with Crippen molar-refractivity contribution in [2.24, 2.45) is 5.73 Å². The standard InChI is InChI=1S/C18H18F6N4/c19-11-5-13(21)12(20)4-10(11)9-2-1-8(3-14(9)25)28-6-15-16(7-28)27-17(26-15)18(22,23)24/h4-5,8-9,14H,1-3,6-7,25H2,(H,26,27)/t8-,9?,14-/m0/s1. The Hall–Kier alpha value is -2.07. The third-order valence-corrected chi connectivity index (χ3v) is 5.67. The normalized spacial score (nSPS) is 25.9. The lowest BCUT2D eigenvalue weighted by atomic mass is 9.77. The lowest BCUT2D eigenvalue weighted by Crippen LogP contribution is -2.44. The maximum Gasteiger partial charge on any atom is 0.449 e. The molecule has 2 aromatic rings. The molecule has 0 radical (unpaired) electrons. The number of rotatable bonds is 2. The number of aromatic amines is 1. The van der Waals surface area contributed by atoms with Gasteiger partial charge in [0, 0.05) is 37.2 Å². The van der Waals surface area contributed by atoms with Crippen LogP contribution in [0.4, 0.5) is 26.3 Å². The number of hydrogen-bond donors (Lipinski definition) is 2. The van der Waals surface area contributed by atoms with Crippen LogP contribution in [0.1, 0.15) is 48.0 Å². The zero-order valence-corrected chi connectivity index (χ0v) is 14.7. The Balaban J connectivity index is 1.44. The van der Waals surface area contributed by atoms with Gasteiger partial charge in [0.1, 0.15) is 5.82 Å². The van der Waals surface area contributed by atoms with E-state index in [1.54, 1.807) is 0 Å². The summed E-state index contributed by atoms with van der Waals surface area (Å²) in [4.78, 5) is 7.96. The first-order chi connectivity index (χ1) is 13.1. The fourth-order valence-electron chi connectivity index (χ4n) is 4.27. The number of H-pyrrole nitrogens is 1. The highest BCUT2D eigenvalue weighted by Crippen LogP contribution is 2.38. The maximum atomic E-state index is 14.1. The predicted octanol–water partition coefficient (Wildman–Crippen LogP) is 3.83. The van der Waals surface area contributed by atoms with Gasteiger partial charge in [0.05, 0.1) is 11.4 Å². The van der Waals surface area contributed by atoms with Crippen molar-refractivity contribution in [1.29, 1.82) is 0 Å². The number of fused-ring (bicyclic) bond motifs is 1. The monoisotopic (exact) mass is 404 g/mol. The lowest BCUT2D eigenvalue weighted by Gasteiger charge is -2.38. The topological polar surface area (TPSA) is 57.9 Å². The van der Waals surface area contributed by atoms with Gasteiger partial charge in [-0.25, -0.2) is 18.2 Å². The Morgan fingerprint density at radius 3 is 2.39 bits per heavy atom. The second-order valence-electron chi connectivity index (χ2n) is 7.44. The molecule has 4 nitrogen and oxygen atoms in total. The molecule has 2 aliphatic rings. The number of nitrogens with two attached hydrogens (primary N) is 1.